The number of hydrogen-bond donors (Lipinski definition) is 1. The van der Waals surface area contributed by atoms with Crippen LogP contribution in [0.2, 0.25) is 0 Å². The summed E-state index contributed by atoms with van der Waals surface area (Å²) >= 11 is 0. The topological polar surface area (TPSA) is 43.3 Å². The van der Waals surface area contributed by atoms with Crippen molar-refractivity contribution < 1.29 is 14.0 Å². The lowest BCUT2D eigenvalue weighted by Crippen LogP contribution is -2.18. The van der Waals surface area contributed by atoms with Crippen LogP contribution in [0, 0.1) is 5.82 Å². The maximum Gasteiger partial charge on any atom is 0.258 e. The Hall–Kier alpha value is -3.86. The van der Waals surface area contributed by atoms with Gasteiger partial charge in [-0.05, 0) is 47.9 Å². The largest absolute Gasteiger partial charge is 0.417 e. The van der Waals surface area contributed by atoms with Crippen LogP contribution in [-0.2, 0) is 0 Å². The Morgan fingerprint density at radius 1 is 0.875 bits per heavy atom. The highest BCUT2D eigenvalue weighted by molar-refractivity contribution is 6.12. The summed E-state index contributed by atoms with van der Waals surface area (Å²) in [6.07, 6.45) is 0. The molecule has 1 heterocycles. The fraction of sp³-hybridized carbons (Fsp3) is 0.148. The van der Waals surface area contributed by atoms with Crippen LogP contribution < -0.4 is 10.2 Å². The number of para-hydroxylation sites is 1. The van der Waals surface area contributed by atoms with E-state index in [4.69, 9.17) is 4.84 Å². The second kappa shape index (κ2) is 9.10. The van der Waals surface area contributed by atoms with Crippen molar-refractivity contribution in [3.05, 3.63) is 102 Å². The zero-order chi connectivity index (χ0) is 22.7. The molecule has 0 bridgehead atoms. The lowest BCUT2D eigenvalue weighted by molar-refractivity contribution is 0.102. The fourth-order valence-electron chi connectivity index (χ4n) is 3.98. The van der Waals surface area contributed by atoms with Gasteiger partial charge in [-0.3, -0.25) is 4.79 Å². The van der Waals surface area contributed by atoms with Crippen LogP contribution in [0.4, 0.5) is 10.1 Å². The highest BCUT2D eigenvalue weighted by Gasteiger charge is 2.31. The van der Waals surface area contributed by atoms with Crippen LogP contribution in [0.3, 0.4) is 0 Å². The van der Waals surface area contributed by atoms with Gasteiger partial charge in [0.2, 0.25) is 0 Å². The molecule has 1 N–H and O–H groups in total. The molecule has 0 aliphatic heterocycles. The van der Waals surface area contributed by atoms with Gasteiger partial charge in [-0.15, -0.1) is 0 Å². The number of halogens is 1. The van der Waals surface area contributed by atoms with Crippen molar-refractivity contribution in [2.45, 2.75) is 19.8 Å². The van der Waals surface area contributed by atoms with E-state index in [2.05, 4.69) is 5.32 Å². The number of rotatable bonds is 6. The van der Waals surface area contributed by atoms with Crippen LogP contribution in [-0.4, -0.2) is 17.7 Å². The molecule has 0 atom stereocenters. The van der Waals surface area contributed by atoms with Gasteiger partial charge in [-0.25, -0.2) is 4.39 Å². The normalized spacial score (nSPS) is 10.9. The third kappa shape index (κ3) is 4.02. The second-order valence-corrected chi connectivity index (χ2v) is 7.81. The van der Waals surface area contributed by atoms with Crippen molar-refractivity contribution in [1.29, 1.82) is 0 Å². The Bertz CT molecular complexity index is 1210. The molecular formula is C27H25FN2O2. The second-order valence-electron chi connectivity index (χ2n) is 7.81. The Morgan fingerprint density at radius 2 is 1.47 bits per heavy atom. The van der Waals surface area contributed by atoms with E-state index in [1.54, 1.807) is 24.0 Å². The van der Waals surface area contributed by atoms with Crippen molar-refractivity contribution in [2.24, 2.45) is 0 Å². The molecule has 0 unspecified atom stereocenters. The number of nitrogens with zero attached hydrogens (tertiary/aromatic N) is 1. The number of hydrogen-bond acceptors (Lipinski definition) is 2. The van der Waals surface area contributed by atoms with Gasteiger partial charge in [-0.1, -0.05) is 62.4 Å². The van der Waals surface area contributed by atoms with E-state index in [0.717, 1.165) is 22.4 Å². The van der Waals surface area contributed by atoms with Crippen LogP contribution in [0.1, 0.15) is 35.8 Å². The molecule has 4 rings (SSSR count). The number of anilines is 1. The molecule has 32 heavy (non-hydrogen) atoms. The molecule has 5 heteroatoms. The van der Waals surface area contributed by atoms with Gasteiger partial charge < -0.3 is 10.2 Å². The number of carbonyl (C=O) groups excluding carboxylic acids is 1. The molecule has 0 aliphatic carbocycles. The highest BCUT2D eigenvalue weighted by atomic mass is 19.1. The average Bonchev–Trinajstić information content (AvgIpc) is 3.16. The zero-order valence-corrected chi connectivity index (χ0v) is 18.3. The summed E-state index contributed by atoms with van der Waals surface area (Å²) in [4.78, 5) is 19.5. The molecule has 0 radical (unpaired) electrons. The minimum atomic E-state index is -0.323. The first-order valence-electron chi connectivity index (χ1n) is 10.5. The number of carbonyl (C=O) groups is 1. The van der Waals surface area contributed by atoms with E-state index in [9.17, 15) is 9.18 Å². The fourth-order valence-corrected chi connectivity index (χ4v) is 3.98. The molecule has 0 fully saturated rings. The van der Waals surface area contributed by atoms with Crippen LogP contribution >= 0.6 is 0 Å². The van der Waals surface area contributed by atoms with E-state index in [-0.39, 0.29) is 17.6 Å². The van der Waals surface area contributed by atoms with Crippen molar-refractivity contribution in [3.8, 4) is 22.4 Å². The Morgan fingerprint density at radius 3 is 2.03 bits per heavy atom. The summed E-state index contributed by atoms with van der Waals surface area (Å²) in [5.41, 5.74) is 5.09. The quantitative estimate of drug-likeness (QED) is 0.386. The number of aromatic nitrogens is 1. The summed E-state index contributed by atoms with van der Waals surface area (Å²) in [5, 5.41) is 3.02. The van der Waals surface area contributed by atoms with E-state index >= 15 is 0 Å². The lowest BCUT2D eigenvalue weighted by atomic mass is 9.94. The maximum absolute atomic E-state index is 13.7. The minimum absolute atomic E-state index is 0.0110. The molecule has 1 amide bonds. The molecule has 0 saturated heterocycles. The van der Waals surface area contributed by atoms with Crippen molar-refractivity contribution >= 4 is 11.6 Å². The van der Waals surface area contributed by atoms with Gasteiger partial charge in [-0.2, -0.15) is 4.73 Å². The molecule has 0 aliphatic rings. The van der Waals surface area contributed by atoms with Crippen molar-refractivity contribution in [1.82, 2.24) is 4.73 Å². The van der Waals surface area contributed by atoms with E-state index in [1.165, 1.54) is 12.1 Å². The minimum Gasteiger partial charge on any atom is -0.417 e. The van der Waals surface area contributed by atoms with E-state index in [1.807, 2.05) is 74.5 Å². The number of amides is 1. The number of benzene rings is 3. The van der Waals surface area contributed by atoms with Crippen LogP contribution in [0.15, 0.2) is 84.9 Å². The van der Waals surface area contributed by atoms with E-state index < -0.39 is 0 Å². The van der Waals surface area contributed by atoms with Gasteiger partial charge in [0.15, 0.2) is 0 Å². The Kier molecular flexibility index (Phi) is 6.08. The molecule has 1 aromatic heterocycles. The first-order chi connectivity index (χ1) is 15.5. The first-order valence-corrected chi connectivity index (χ1v) is 10.5. The van der Waals surface area contributed by atoms with Gasteiger partial charge >= 0.3 is 0 Å². The summed E-state index contributed by atoms with van der Waals surface area (Å²) < 4.78 is 15.4. The van der Waals surface area contributed by atoms with Gasteiger partial charge in [0.05, 0.1) is 17.0 Å². The summed E-state index contributed by atoms with van der Waals surface area (Å²) in [6, 6.07) is 25.3. The first kappa shape index (κ1) is 21.4. The predicted molar refractivity (Wildman–Crippen MR) is 126 cm³/mol. The molecule has 3 aromatic carbocycles. The lowest BCUT2D eigenvalue weighted by Gasteiger charge is -2.15. The maximum atomic E-state index is 13.7. The van der Waals surface area contributed by atoms with Gasteiger partial charge in [0.1, 0.15) is 12.9 Å². The number of nitrogens with one attached hydrogen (secondary N) is 1. The van der Waals surface area contributed by atoms with Crippen LogP contribution in [0.5, 0.6) is 0 Å². The van der Waals surface area contributed by atoms with Crippen molar-refractivity contribution in [3.63, 3.8) is 0 Å². The average molecular weight is 429 g/mol. The SMILES string of the molecule is COn1c(-c2ccc(F)cc2)c(-c2ccccc2)c(C(=O)Nc2ccccc2)c1C(C)C. The molecule has 0 saturated carbocycles. The molecule has 4 nitrogen and oxygen atoms in total. The standard InChI is InChI=1S/C27H25FN2O2/c1-18(2)25-24(27(31)29-22-12-8-5-9-13-22)23(19-10-6-4-7-11-19)26(30(25)32-3)20-14-16-21(28)17-15-20/h4-18H,1-3H3,(H,29,31). The third-order valence-corrected chi connectivity index (χ3v) is 5.33. The van der Waals surface area contributed by atoms with Crippen LogP contribution in [0.25, 0.3) is 22.4 Å². The third-order valence-electron chi connectivity index (χ3n) is 5.33. The summed E-state index contributed by atoms with van der Waals surface area (Å²) in [6.45, 7) is 4.04. The molecule has 162 valence electrons. The predicted octanol–water partition coefficient (Wildman–Crippen LogP) is 6.40. The van der Waals surface area contributed by atoms with Gasteiger partial charge in [0.25, 0.3) is 5.91 Å². The molecule has 4 aromatic rings. The zero-order valence-electron chi connectivity index (χ0n) is 18.3. The molecule has 0 spiro atoms. The van der Waals surface area contributed by atoms with Gasteiger partial charge in [0, 0.05) is 16.8 Å². The summed E-state index contributed by atoms with van der Waals surface area (Å²) in [7, 11) is 1.58. The molecular weight excluding hydrogens is 403 g/mol. The van der Waals surface area contributed by atoms with Crippen molar-refractivity contribution in [2.75, 3.05) is 12.4 Å². The highest BCUT2D eigenvalue weighted by Crippen LogP contribution is 2.41. The Labute approximate surface area is 187 Å². The monoisotopic (exact) mass is 428 g/mol. The Balaban J connectivity index is 2.02. The smallest absolute Gasteiger partial charge is 0.258 e. The van der Waals surface area contributed by atoms with E-state index in [0.29, 0.717) is 16.9 Å². The summed E-state index contributed by atoms with van der Waals surface area (Å²) in [5.74, 6) is -0.558.